The maximum absolute atomic E-state index is 12.6. The molecule has 156 valence electrons. The zero-order chi connectivity index (χ0) is 21.6. The number of nitrogens with one attached hydrogen (secondary N) is 1. The van der Waals surface area contributed by atoms with Crippen molar-refractivity contribution >= 4 is 22.6 Å². The summed E-state index contributed by atoms with van der Waals surface area (Å²) in [4.78, 5) is 24.3. The molecule has 6 nitrogen and oxygen atoms in total. The summed E-state index contributed by atoms with van der Waals surface area (Å²) in [6.45, 7) is 0. The second-order valence-electron chi connectivity index (χ2n) is 6.14. The standard InChI is InChI=1S/C19H19F3N2O4S/c20-19(21,22)13-8-6-12(7-9-13)16(25)18(27)24-15(17(23)26)10-11-29(28)14-4-2-1-3-5-14/h1-9,15-16,25H,10-11H2,(H2,23,26)(H,24,27)/t15-,16+,29+/m0/s1. The van der Waals surface area contributed by atoms with Gasteiger partial charge in [0.05, 0.1) is 16.4 Å². The molecule has 2 amide bonds. The molecular weight excluding hydrogens is 409 g/mol. The first-order valence-electron chi connectivity index (χ1n) is 8.48. The molecule has 10 heteroatoms. The Bertz CT molecular complexity index is 873. The van der Waals surface area contributed by atoms with Gasteiger partial charge in [0.25, 0.3) is 5.91 Å². The van der Waals surface area contributed by atoms with Crippen LogP contribution in [-0.2, 0) is 26.6 Å². The largest absolute Gasteiger partial charge is 0.416 e. The van der Waals surface area contributed by atoms with E-state index in [4.69, 9.17) is 5.73 Å². The summed E-state index contributed by atoms with van der Waals surface area (Å²) in [7, 11) is -1.42. The van der Waals surface area contributed by atoms with E-state index in [0.29, 0.717) is 4.90 Å². The van der Waals surface area contributed by atoms with Crippen LogP contribution >= 0.6 is 0 Å². The average molecular weight is 428 g/mol. The van der Waals surface area contributed by atoms with Gasteiger partial charge in [0.15, 0.2) is 6.10 Å². The fraction of sp³-hybridized carbons (Fsp3) is 0.263. The Hall–Kier alpha value is -2.72. The predicted octanol–water partition coefficient (Wildman–Crippen LogP) is 1.91. The van der Waals surface area contributed by atoms with Crippen LogP contribution in [0.3, 0.4) is 0 Å². The number of hydrogen-bond donors (Lipinski definition) is 3. The minimum atomic E-state index is -4.54. The van der Waals surface area contributed by atoms with Crippen molar-refractivity contribution in [3.8, 4) is 0 Å². The monoisotopic (exact) mass is 428 g/mol. The van der Waals surface area contributed by atoms with Crippen LogP contribution in [0.25, 0.3) is 0 Å². The molecule has 0 radical (unpaired) electrons. The van der Waals surface area contributed by atoms with Crippen molar-refractivity contribution in [2.24, 2.45) is 5.73 Å². The van der Waals surface area contributed by atoms with E-state index in [-0.39, 0.29) is 17.7 Å². The van der Waals surface area contributed by atoms with E-state index in [9.17, 15) is 32.1 Å². The molecule has 29 heavy (non-hydrogen) atoms. The van der Waals surface area contributed by atoms with E-state index < -0.39 is 46.5 Å². The van der Waals surface area contributed by atoms with Gasteiger partial charge in [0.1, 0.15) is 6.04 Å². The smallest absolute Gasteiger partial charge is 0.378 e. The summed E-state index contributed by atoms with van der Waals surface area (Å²) < 4.78 is 50.0. The lowest BCUT2D eigenvalue weighted by Gasteiger charge is -2.18. The van der Waals surface area contributed by atoms with E-state index in [2.05, 4.69) is 5.32 Å². The first kappa shape index (κ1) is 22.6. The Labute approximate surface area is 167 Å². The van der Waals surface area contributed by atoms with E-state index in [1.165, 1.54) is 0 Å². The van der Waals surface area contributed by atoms with Gasteiger partial charge in [-0.1, -0.05) is 30.3 Å². The molecule has 0 bridgehead atoms. The van der Waals surface area contributed by atoms with Crippen LogP contribution < -0.4 is 11.1 Å². The van der Waals surface area contributed by atoms with Crippen LogP contribution in [0.5, 0.6) is 0 Å². The van der Waals surface area contributed by atoms with Gasteiger partial charge in [-0.05, 0) is 36.2 Å². The second kappa shape index (κ2) is 9.66. The van der Waals surface area contributed by atoms with Gasteiger partial charge in [-0.3, -0.25) is 13.8 Å². The number of halogens is 3. The maximum atomic E-state index is 12.6. The van der Waals surface area contributed by atoms with Gasteiger partial charge in [-0.15, -0.1) is 0 Å². The number of amides is 2. The second-order valence-corrected chi connectivity index (χ2v) is 7.71. The molecule has 0 fully saturated rings. The summed E-state index contributed by atoms with van der Waals surface area (Å²) in [5.74, 6) is -1.85. The molecule has 0 spiro atoms. The number of aliphatic hydroxyl groups excluding tert-OH is 1. The van der Waals surface area contributed by atoms with Crippen molar-refractivity contribution in [2.45, 2.75) is 29.6 Å². The van der Waals surface area contributed by atoms with Gasteiger partial charge in [-0.25, -0.2) is 0 Å². The average Bonchev–Trinajstić information content (AvgIpc) is 2.70. The van der Waals surface area contributed by atoms with Crippen LogP contribution in [0.15, 0.2) is 59.5 Å². The number of aliphatic hydroxyl groups is 1. The molecule has 0 aliphatic heterocycles. The zero-order valence-electron chi connectivity index (χ0n) is 15.1. The number of benzene rings is 2. The quantitative estimate of drug-likeness (QED) is 0.597. The minimum absolute atomic E-state index is 0.0360. The van der Waals surface area contributed by atoms with Crippen molar-refractivity contribution in [1.82, 2.24) is 5.32 Å². The van der Waals surface area contributed by atoms with Crippen LogP contribution in [0.1, 0.15) is 23.7 Å². The molecule has 3 atom stereocenters. The van der Waals surface area contributed by atoms with Gasteiger partial charge in [-0.2, -0.15) is 13.2 Å². The zero-order valence-corrected chi connectivity index (χ0v) is 15.9. The predicted molar refractivity (Wildman–Crippen MR) is 99.9 cm³/mol. The SMILES string of the molecule is NC(=O)[C@H](CC[S@@](=O)c1ccccc1)NC(=O)[C@H](O)c1ccc(C(F)(F)F)cc1. The Balaban J connectivity index is 1.99. The van der Waals surface area contributed by atoms with Crippen molar-refractivity contribution in [2.75, 3.05) is 5.75 Å². The maximum Gasteiger partial charge on any atom is 0.416 e. The fourth-order valence-electron chi connectivity index (χ4n) is 2.46. The lowest BCUT2D eigenvalue weighted by atomic mass is 10.1. The Morgan fingerprint density at radius 1 is 1.07 bits per heavy atom. The van der Waals surface area contributed by atoms with E-state index in [1.54, 1.807) is 30.3 Å². The topological polar surface area (TPSA) is 109 Å². The molecule has 0 aromatic heterocycles. The lowest BCUT2D eigenvalue weighted by molar-refractivity contribution is -0.137. The molecule has 0 aliphatic rings. The summed E-state index contributed by atoms with van der Waals surface area (Å²) in [5, 5.41) is 12.3. The number of nitrogens with two attached hydrogens (primary N) is 1. The first-order chi connectivity index (χ1) is 13.6. The third-order valence-corrected chi connectivity index (χ3v) is 5.46. The highest BCUT2D eigenvalue weighted by atomic mass is 32.2. The van der Waals surface area contributed by atoms with Gasteiger partial charge >= 0.3 is 6.18 Å². The fourth-order valence-corrected chi connectivity index (χ4v) is 3.60. The highest BCUT2D eigenvalue weighted by molar-refractivity contribution is 7.85. The molecule has 2 aromatic carbocycles. The van der Waals surface area contributed by atoms with E-state index in [0.717, 1.165) is 24.3 Å². The Morgan fingerprint density at radius 3 is 2.17 bits per heavy atom. The summed E-state index contributed by atoms with van der Waals surface area (Å²) in [6, 6.07) is 10.7. The third kappa shape index (κ3) is 6.40. The molecule has 2 rings (SSSR count). The molecule has 0 heterocycles. The summed E-state index contributed by atoms with van der Waals surface area (Å²) in [6.07, 6.45) is -6.38. The highest BCUT2D eigenvalue weighted by Crippen LogP contribution is 2.30. The first-order valence-corrected chi connectivity index (χ1v) is 9.80. The summed E-state index contributed by atoms with van der Waals surface area (Å²) >= 11 is 0. The van der Waals surface area contributed by atoms with E-state index in [1.807, 2.05) is 0 Å². The molecule has 0 unspecified atom stereocenters. The molecule has 0 aliphatic carbocycles. The van der Waals surface area contributed by atoms with Crippen molar-refractivity contribution in [3.63, 3.8) is 0 Å². The molecule has 2 aromatic rings. The highest BCUT2D eigenvalue weighted by Gasteiger charge is 2.31. The Kier molecular flexibility index (Phi) is 7.52. The number of carbonyl (C=O) groups excluding carboxylic acids is 2. The number of rotatable bonds is 8. The molecule has 4 N–H and O–H groups in total. The third-order valence-electron chi connectivity index (χ3n) is 4.06. The van der Waals surface area contributed by atoms with Crippen LogP contribution in [0.4, 0.5) is 13.2 Å². The van der Waals surface area contributed by atoms with Crippen LogP contribution in [0.2, 0.25) is 0 Å². The van der Waals surface area contributed by atoms with Crippen LogP contribution in [0, 0.1) is 0 Å². The molecule has 0 saturated heterocycles. The normalized spacial score (nSPS) is 14.6. The number of carbonyl (C=O) groups is 2. The molecule has 0 saturated carbocycles. The van der Waals surface area contributed by atoms with Gasteiger partial charge in [0, 0.05) is 10.6 Å². The number of alkyl halides is 3. The van der Waals surface area contributed by atoms with E-state index >= 15 is 0 Å². The Morgan fingerprint density at radius 2 is 1.66 bits per heavy atom. The summed E-state index contributed by atoms with van der Waals surface area (Å²) in [5.41, 5.74) is 4.26. The lowest BCUT2D eigenvalue weighted by Crippen LogP contribution is -2.46. The van der Waals surface area contributed by atoms with Gasteiger partial charge in [0.2, 0.25) is 5.91 Å². The number of primary amides is 1. The van der Waals surface area contributed by atoms with Gasteiger partial charge < -0.3 is 16.2 Å². The van der Waals surface area contributed by atoms with Crippen molar-refractivity contribution in [3.05, 3.63) is 65.7 Å². The molecular formula is C19H19F3N2O4S. The van der Waals surface area contributed by atoms with Crippen LogP contribution in [-0.4, -0.2) is 32.9 Å². The van der Waals surface area contributed by atoms with Crippen molar-refractivity contribution in [1.29, 1.82) is 0 Å². The van der Waals surface area contributed by atoms with Crippen molar-refractivity contribution < 1.29 is 32.1 Å². The minimum Gasteiger partial charge on any atom is -0.378 e. The number of hydrogen-bond acceptors (Lipinski definition) is 4.